The molecule has 15 heteroatoms. The van der Waals surface area contributed by atoms with E-state index < -0.39 is 6.04 Å². The highest BCUT2D eigenvalue weighted by molar-refractivity contribution is 6.09. The predicted octanol–water partition coefficient (Wildman–Crippen LogP) is 2.87. The van der Waals surface area contributed by atoms with E-state index in [9.17, 15) is 19.2 Å². The third kappa shape index (κ3) is 5.70. The number of rotatable bonds is 8. The number of methoxy groups -OCH3 is 1. The van der Waals surface area contributed by atoms with Gasteiger partial charge in [-0.3, -0.25) is 29.2 Å². The Kier molecular flexibility index (Phi) is 7.87. The summed E-state index contributed by atoms with van der Waals surface area (Å²) < 4.78 is 9.25. The van der Waals surface area contributed by atoms with E-state index >= 15 is 0 Å². The van der Waals surface area contributed by atoms with E-state index in [1.54, 1.807) is 35.0 Å². The van der Waals surface area contributed by atoms with E-state index in [1.165, 1.54) is 6.20 Å². The third-order valence-corrected chi connectivity index (χ3v) is 10.9. The second kappa shape index (κ2) is 12.7. The van der Waals surface area contributed by atoms with Crippen molar-refractivity contribution in [2.75, 3.05) is 50.1 Å². The molecule has 0 radical (unpaired) electrons. The molecular formula is C37H38N10O5. The smallest absolute Gasteiger partial charge is 0.261 e. The molecule has 1 atom stereocenters. The van der Waals surface area contributed by atoms with E-state index in [2.05, 4.69) is 47.5 Å². The molecule has 266 valence electrons. The Balaban J connectivity index is 0.785. The summed E-state index contributed by atoms with van der Waals surface area (Å²) in [5, 5.41) is 15.4. The van der Waals surface area contributed by atoms with Crippen molar-refractivity contribution in [1.29, 1.82) is 0 Å². The molecule has 9 rings (SSSR count). The molecule has 0 saturated carbocycles. The molecule has 3 aromatic heterocycles. The number of nitrogens with zero attached hydrogens (tertiary/aromatic N) is 8. The van der Waals surface area contributed by atoms with Crippen LogP contribution in [0.3, 0.4) is 0 Å². The number of hydrogen-bond donors (Lipinski definition) is 2. The number of benzene rings is 2. The first kappa shape index (κ1) is 32.1. The molecule has 0 spiro atoms. The fourth-order valence-corrected chi connectivity index (χ4v) is 8.09. The maximum atomic E-state index is 13.2. The van der Waals surface area contributed by atoms with Crippen LogP contribution < -0.4 is 20.3 Å². The molecule has 2 aromatic carbocycles. The lowest BCUT2D eigenvalue weighted by molar-refractivity contribution is -0.136. The quantitative estimate of drug-likeness (QED) is 0.230. The van der Waals surface area contributed by atoms with Crippen LogP contribution >= 0.6 is 0 Å². The summed E-state index contributed by atoms with van der Waals surface area (Å²) in [7, 11) is 1.58. The van der Waals surface area contributed by atoms with Crippen molar-refractivity contribution in [3.63, 3.8) is 0 Å². The Hall–Kier alpha value is -5.83. The molecule has 0 bridgehead atoms. The first-order valence-electron chi connectivity index (χ1n) is 17.7. The highest BCUT2D eigenvalue weighted by Crippen LogP contribution is 2.35. The SMILES string of the molecule is COc1cc2nn(C3CCN(CC4CN(c5ccc6c(c5)CN(C5CCC(=O)NC5=O)C6=O)C4)CC3)cc2cc1NC(=O)c1cnn2cccnc12. The summed E-state index contributed by atoms with van der Waals surface area (Å²) in [6.45, 7) is 5.34. The summed E-state index contributed by atoms with van der Waals surface area (Å²) in [5.74, 6) is -0.0326. The average Bonchev–Trinajstić information content (AvgIpc) is 3.84. The van der Waals surface area contributed by atoms with Crippen molar-refractivity contribution in [3.05, 3.63) is 77.9 Å². The number of fused-ring (bicyclic) bond motifs is 3. The fraction of sp³-hybridized carbons (Fsp3) is 0.378. The number of likely N-dealkylation sites (tertiary alicyclic amines) is 1. The van der Waals surface area contributed by atoms with Crippen molar-refractivity contribution in [2.24, 2.45) is 5.92 Å². The normalized spacial score (nSPS) is 20.0. The number of carbonyl (C=O) groups is 4. The third-order valence-electron chi connectivity index (χ3n) is 10.9. The molecule has 4 aliphatic heterocycles. The van der Waals surface area contributed by atoms with Crippen LogP contribution in [-0.4, -0.2) is 104 Å². The predicted molar refractivity (Wildman–Crippen MR) is 190 cm³/mol. The van der Waals surface area contributed by atoms with Gasteiger partial charge >= 0.3 is 0 Å². The monoisotopic (exact) mass is 702 g/mol. The number of amides is 4. The number of ether oxygens (including phenoxy) is 1. The fourth-order valence-electron chi connectivity index (χ4n) is 8.09. The van der Waals surface area contributed by atoms with Gasteiger partial charge in [-0.2, -0.15) is 10.2 Å². The van der Waals surface area contributed by atoms with Gasteiger partial charge in [0, 0.05) is 92.9 Å². The number of carbonyl (C=O) groups excluding carboxylic acids is 4. The molecule has 0 aliphatic carbocycles. The van der Waals surface area contributed by atoms with Crippen molar-refractivity contribution >= 4 is 51.6 Å². The van der Waals surface area contributed by atoms with Crippen LogP contribution in [0, 0.1) is 5.92 Å². The van der Waals surface area contributed by atoms with Gasteiger partial charge in [0.25, 0.3) is 11.8 Å². The minimum absolute atomic E-state index is 0.143. The van der Waals surface area contributed by atoms with E-state index in [-0.39, 0.29) is 36.1 Å². The van der Waals surface area contributed by atoms with Gasteiger partial charge in [0.2, 0.25) is 11.8 Å². The van der Waals surface area contributed by atoms with Gasteiger partial charge in [-0.05, 0) is 55.2 Å². The number of aromatic nitrogens is 5. The van der Waals surface area contributed by atoms with E-state index in [4.69, 9.17) is 9.84 Å². The van der Waals surface area contributed by atoms with Crippen LogP contribution in [0.1, 0.15) is 58.0 Å². The second-order valence-electron chi connectivity index (χ2n) is 14.2. The Labute approximate surface area is 298 Å². The van der Waals surface area contributed by atoms with Gasteiger partial charge in [-0.25, -0.2) is 9.50 Å². The maximum Gasteiger partial charge on any atom is 0.261 e. The molecule has 5 aromatic rings. The number of piperidine rings is 2. The van der Waals surface area contributed by atoms with Crippen LogP contribution in [0.4, 0.5) is 11.4 Å². The standard InChI is InChI=1S/C37H38N10O5/c1-52-32-15-29-24(14-30(32)40-35(49)28-16-39-46-10-2-9-38-34(28)46)21-47(42-29)25-7-11-43(12-8-25)17-22-18-44(19-22)26-3-4-27-23(13-26)20-45(37(27)51)31-5-6-33(48)41-36(31)50/h2-4,9-10,13-16,21-22,25,31H,5-8,11-12,17-20H2,1H3,(H,40,49)(H,41,48,50). The molecule has 15 nitrogen and oxygen atoms in total. The van der Waals surface area contributed by atoms with Gasteiger partial charge in [0.05, 0.1) is 30.6 Å². The van der Waals surface area contributed by atoms with E-state index in [0.717, 1.165) is 67.7 Å². The number of imide groups is 1. The molecule has 3 fully saturated rings. The Morgan fingerprint density at radius 1 is 1.08 bits per heavy atom. The maximum absolute atomic E-state index is 13.2. The lowest BCUT2D eigenvalue weighted by atomic mass is 9.96. The van der Waals surface area contributed by atoms with Crippen molar-refractivity contribution < 1.29 is 23.9 Å². The summed E-state index contributed by atoms with van der Waals surface area (Å²) in [6, 6.07) is 11.2. The van der Waals surface area contributed by atoms with Gasteiger partial charge in [0.1, 0.15) is 17.4 Å². The topological polar surface area (TPSA) is 159 Å². The van der Waals surface area contributed by atoms with E-state index in [0.29, 0.717) is 47.1 Å². The molecule has 7 heterocycles. The van der Waals surface area contributed by atoms with Crippen LogP contribution in [0.2, 0.25) is 0 Å². The molecule has 4 aliphatic rings. The van der Waals surface area contributed by atoms with Crippen molar-refractivity contribution in [2.45, 2.75) is 44.3 Å². The second-order valence-corrected chi connectivity index (χ2v) is 14.2. The van der Waals surface area contributed by atoms with Crippen LogP contribution in [0.15, 0.2) is 61.2 Å². The van der Waals surface area contributed by atoms with E-state index in [1.807, 2.05) is 24.3 Å². The van der Waals surface area contributed by atoms with Gasteiger partial charge < -0.3 is 24.8 Å². The minimum Gasteiger partial charge on any atom is -0.494 e. The summed E-state index contributed by atoms with van der Waals surface area (Å²) in [4.78, 5) is 61.0. The first-order valence-corrected chi connectivity index (χ1v) is 17.7. The lowest BCUT2D eigenvalue weighted by Crippen LogP contribution is -2.52. The Bertz CT molecular complexity index is 2250. The number of hydrogen-bond acceptors (Lipinski definition) is 10. The zero-order valence-electron chi connectivity index (χ0n) is 28.7. The largest absolute Gasteiger partial charge is 0.494 e. The van der Waals surface area contributed by atoms with Crippen LogP contribution in [-0.2, 0) is 16.1 Å². The van der Waals surface area contributed by atoms with Gasteiger partial charge in [-0.15, -0.1) is 0 Å². The Morgan fingerprint density at radius 2 is 1.92 bits per heavy atom. The van der Waals surface area contributed by atoms with Crippen LogP contribution in [0.25, 0.3) is 16.6 Å². The number of nitrogens with one attached hydrogen (secondary N) is 2. The molecule has 4 amide bonds. The molecule has 2 N–H and O–H groups in total. The highest BCUT2D eigenvalue weighted by atomic mass is 16.5. The Morgan fingerprint density at radius 3 is 2.73 bits per heavy atom. The first-order chi connectivity index (χ1) is 25.3. The lowest BCUT2D eigenvalue weighted by Gasteiger charge is -2.44. The highest BCUT2D eigenvalue weighted by Gasteiger charge is 2.40. The van der Waals surface area contributed by atoms with Crippen molar-refractivity contribution in [3.8, 4) is 5.75 Å². The summed E-state index contributed by atoms with van der Waals surface area (Å²) >= 11 is 0. The molecule has 3 saturated heterocycles. The summed E-state index contributed by atoms with van der Waals surface area (Å²) in [5.41, 5.74) is 4.90. The zero-order chi connectivity index (χ0) is 35.5. The number of anilines is 2. The zero-order valence-corrected chi connectivity index (χ0v) is 28.7. The average molecular weight is 703 g/mol. The van der Waals surface area contributed by atoms with Crippen molar-refractivity contribution in [1.82, 2.24) is 39.5 Å². The van der Waals surface area contributed by atoms with Gasteiger partial charge in [0.15, 0.2) is 5.65 Å². The minimum atomic E-state index is -0.602. The molecular weight excluding hydrogens is 664 g/mol. The van der Waals surface area contributed by atoms with Gasteiger partial charge in [-0.1, -0.05) is 0 Å². The molecule has 52 heavy (non-hydrogen) atoms. The molecule has 1 unspecified atom stereocenters. The van der Waals surface area contributed by atoms with Crippen LogP contribution in [0.5, 0.6) is 5.75 Å². The summed E-state index contributed by atoms with van der Waals surface area (Å²) in [6.07, 6.45) is 9.54.